The van der Waals surface area contributed by atoms with E-state index >= 15 is 0 Å². The van der Waals surface area contributed by atoms with Gasteiger partial charge in [-0.2, -0.15) is 0 Å². The third kappa shape index (κ3) is 0.988. The van der Waals surface area contributed by atoms with Gasteiger partial charge in [-0.1, -0.05) is 17.3 Å². The number of fused-ring (bicyclic) bond motifs is 2. The lowest BCUT2D eigenvalue weighted by Gasteiger charge is -1.97. The summed E-state index contributed by atoms with van der Waals surface area (Å²) >= 11 is 0. The minimum absolute atomic E-state index is 0.600. The highest BCUT2D eigenvalue weighted by Crippen LogP contribution is 2.19. The molecule has 2 aromatic heterocycles. The molecule has 0 fully saturated rings. The van der Waals surface area contributed by atoms with Crippen LogP contribution in [-0.2, 0) is 0 Å². The summed E-state index contributed by atoms with van der Waals surface area (Å²) in [5.41, 5.74) is 2.75. The number of benzene rings is 1. The van der Waals surface area contributed by atoms with Crippen molar-refractivity contribution in [2.75, 3.05) is 0 Å². The van der Waals surface area contributed by atoms with Crippen molar-refractivity contribution in [1.82, 2.24) is 10.1 Å². The number of aromatic nitrogens is 2. The minimum Gasteiger partial charge on any atom is -0.336 e. The Morgan fingerprint density at radius 2 is 2.07 bits per heavy atom. The fourth-order valence-electron chi connectivity index (χ4n) is 1.57. The smallest absolute Gasteiger partial charge is 0.258 e. The number of aryl methyl sites for hydroxylation is 1. The average molecular weight is 184 g/mol. The molecule has 0 aliphatic heterocycles. The topological polar surface area (TPSA) is 38.9 Å². The van der Waals surface area contributed by atoms with Gasteiger partial charge in [-0.25, -0.2) is 4.98 Å². The fourth-order valence-corrected chi connectivity index (χ4v) is 1.57. The van der Waals surface area contributed by atoms with Crippen molar-refractivity contribution < 1.29 is 4.52 Å². The highest BCUT2D eigenvalue weighted by molar-refractivity contribution is 5.90. The molecule has 14 heavy (non-hydrogen) atoms. The van der Waals surface area contributed by atoms with Gasteiger partial charge >= 0.3 is 0 Å². The molecule has 3 heteroatoms. The summed E-state index contributed by atoms with van der Waals surface area (Å²) in [5, 5.41) is 5.77. The highest BCUT2D eigenvalue weighted by atomic mass is 16.5. The van der Waals surface area contributed by atoms with Crippen molar-refractivity contribution in [3.63, 3.8) is 0 Å². The summed E-state index contributed by atoms with van der Waals surface area (Å²) in [7, 11) is 0. The molecule has 0 unspecified atom stereocenters. The Morgan fingerprint density at radius 3 is 3.00 bits per heavy atom. The van der Waals surface area contributed by atoms with Crippen LogP contribution in [-0.4, -0.2) is 10.1 Å². The number of nitrogens with zero attached hydrogens (tertiary/aromatic N) is 2. The predicted octanol–water partition coefficient (Wildman–Crippen LogP) is 2.68. The molecule has 0 bridgehead atoms. The minimum atomic E-state index is 0.600. The zero-order valence-corrected chi connectivity index (χ0v) is 7.69. The Hall–Kier alpha value is -1.90. The normalized spacial score (nSPS) is 11.2. The Labute approximate surface area is 80.3 Å². The SMILES string of the molecule is Cc1ccc2cc3cnoc3nc2c1. The van der Waals surface area contributed by atoms with E-state index in [4.69, 9.17) is 4.52 Å². The van der Waals surface area contributed by atoms with Crippen molar-refractivity contribution >= 4 is 22.0 Å². The quantitative estimate of drug-likeness (QED) is 0.539. The van der Waals surface area contributed by atoms with Crippen molar-refractivity contribution in [2.45, 2.75) is 6.92 Å². The molecule has 68 valence electrons. The lowest BCUT2D eigenvalue weighted by atomic mass is 10.1. The average Bonchev–Trinajstić information content (AvgIpc) is 2.61. The fraction of sp³-hybridized carbons (Fsp3) is 0.0909. The molecule has 1 aromatic carbocycles. The van der Waals surface area contributed by atoms with Gasteiger partial charge in [0.25, 0.3) is 5.71 Å². The van der Waals surface area contributed by atoms with Crippen LogP contribution < -0.4 is 0 Å². The standard InChI is InChI=1S/C11H8N2O/c1-7-2-3-8-5-9-6-12-14-11(9)13-10(8)4-7/h2-6H,1H3. The summed E-state index contributed by atoms with van der Waals surface area (Å²) in [6.45, 7) is 2.05. The molecular weight excluding hydrogens is 176 g/mol. The van der Waals surface area contributed by atoms with E-state index in [1.807, 2.05) is 19.1 Å². The molecule has 0 N–H and O–H groups in total. The second-order valence-electron chi connectivity index (χ2n) is 3.40. The Balaban J connectivity index is 2.50. The monoisotopic (exact) mass is 184 g/mol. The molecule has 2 heterocycles. The predicted molar refractivity (Wildman–Crippen MR) is 54.0 cm³/mol. The molecule has 3 nitrogen and oxygen atoms in total. The van der Waals surface area contributed by atoms with Crippen LogP contribution in [0.5, 0.6) is 0 Å². The molecule has 3 rings (SSSR count). The molecule has 0 spiro atoms. The molecule has 0 saturated carbocycles. The van der Waals surface area contributed by atoms with E-state index in [1.54, 1.807) is 6.20 Å². The molecule has 0 radical (unpaired) electrons. The number of rotatable bonds is 0. The maximum absolute atomic E-state index is 5.00. The van der Waals surface area contributed by atoms with Crippen LogP contribution in [0.25, 0.3) is 22.0 Å². The zero-order chi connectivity index (χ0) is 9.54. The molecule has 0 atom stereocenters. The van der Waals surface area contributed by atoms with E-state index in [9.17, 15) is 0 Å². The molecular formula is C11H8N2O. The van der Waals surface area contributed by atoms with Crippen LogP contribution in [0.15, 0.2) is 35.0 Å². The summed E-state index contributed by atoms with van der Waals surface area (Å²) in [4.78, 5) is 4.37. The molecule has 0 amide bonds. The van der Waals surface area contributed by atoms with E-state index in [1.165, 1.54) is 5.56 Å². The van der Waals surface area contributed by atoms with E-state index in [-0.39, 0.29) is 0 Å². The summed E-state index contributed by atoms with van der Waals surface area (Å²) in [6, 6.07) is 8.21. The molecule has 3 aromatic rings. The van der Waals surface area contributed by atoms with Gasteiger partial charge in [0.1, 0.15) is 0 Å². The maximum Gasteiger partial charge on any atom is 0.258 e. The van der Waals surface area contributed by atoms with E-state index < -0.39 is 0 Å². The highest BCUT2D eigenvalue weighted by Gasteiger charge is 2.02. The second-order valence-corrected chi connectivity index (χ2v) is 3.40. The Kier molecular flexibility index (Phi) is 1.36. The van der Waals surface area contributed by atoms with Crippen LogP contribution in [0, 0.1) is 6.92 Å². The zero-order valence-electron chi connectivity index (χ0n) is 7.69. The van der Waals surface area contributed by atoms with Crippen molar-refractivity contribution in [3.05, 3.63) is 36.0 Å². The van der Waals surface area contributed by atoms with Crippen LogP contribution in [0.3, 0.4) is 0 Å². The maximum atomic E-state index is 5.00. The van der Waals surface area contributed by atoms with Gasteiger partial charge in [-0.3, -0.25) is 0 Å². The summed E-state index contributed by atoms with van der Waals surface area (Å²) in [5.74, 6) is 0. The molecule has 0 aliphatic rings. The van der Waals surface area contributed by atoms with Crippen LogP contribution in [0.4, 0.5) is 0 Å². The molecule has 0 saturated heterocycles. The van der Waals surface area contributed by atoms with E-state index in [0.717, 1.165) is 16.3 Å². The van der Waals surface area contributed by atoms with E-state index in [2.05, 4.69) is 22.3 Å². The van der Waals surface area contributed by atoms with Gasteiger partial charge in [-0.05, 0) is 24.6 Å². The van der Waals surface area contributed by atoms with Crippen molar-refractivity contribution in [2.24, 2.45) is 0 Å². The summed E-state index contributed by atoms with van der Waals surface area (Å²) < 4.78 is 5.00. The number of pyridine rings is 1. The van der Waals surface area contributed by atoms with Gasteiger partial charge in [0.05, 0.1) is 17.1 Å². The van der Waals surface area contributed by atoms with Gasteiger partial charge in [0.2, 0.25) is 0 Å². The van der Waals surface area contributed by atoms with Gasteiger partial charge in [-0.15, -0.1) is 0 Å². The third-order valence-electron chi connectivity index (χ3n) is 2.30. The van der Waals surface area contributed by atoms with Crippen LogP contribution in [0.1, 0.15) is 5.56 Å². The van der Waals surface area contributed by atoms with Gasteiger partial charge < -0.3 is 4.52 Å². The van der Waals surface area contributed by atoms with E-state index in [0.29, 0.717) is 5.71 Å². The first-order valence-corrected chi connectivity index (χ1v) is 4.45. The van der Waals surface area contributed by atoms with Gasteiger partial charge in [0.15, 0.2) is 0 Å². The first-order chi connectivity index (χ1) is 6.83. The second kappa shape index (κ2) is 2.54. The Bertz CT molecular complexity index is 613. The number of hydrogen-bond donors (Lipinski definition) is 0. The van der Waals surface area contributed by atoms with Crippen LogP contribution >= 0.6 is 0 Å². The van der Waals surface area contributed by atoms with Crippen molar-refractivity contribution in [1.29, 1.82) is 0 Å². The van der Waals surface area contributed by atoms with Crippen LogP contribution in [0.2, 0.25) is 0 Å². The Morgan fingerprint density at radius 1 is 1.14 bits per heavy atom. The largest absolute Gasteiger partial charge is 0.336 e. The first kappa shape index (κ1) is 7.50. The molecule has 0 aliphatic carbocycles. The third-order valence-corrected chi connectivity index (χ3v) is 2.30. The lowest BCUT2D eigenvalue weighted by Crippen LogP contribution is -1.80. The lowest BCUT2D eigenvalue weighted by molar-refractivity contribution is 0.449. The summed E-state index contributed by atoms with van der Waals surface area (Å²) in [6.07, 6.45) is 1.68. The first-order valence-electron chi connectivity index (χ1n) is 4.45. The number of hydrogen-bond acceptors (Lipinski definition) is 3. The van der Waals surface area contributed by atoms with Gasteiger partial charge in [0, 0.05) is 5.39 Å². The van der Waals surface area contributed by atoms with Crippen molar-refractivity contribution in [3.8, 4) is 0 Å².